The summed E-state index contributed by atoms with van der Waals surface area (Å²) in [7, 11) is 0. The van der Waals surface area contributed by atoms with Crippen LogP contribution in [0.15, 0.2) is 24.3 Å². The van der Waals surface area contributed by atoms with Gasteiger partial charge in [-0.05, 0) is 37.5 Å². The van der Waals surface area contributed by atoms with Gasteiger partial charge in [0.25, 0.3) is 0 Å². The average molecular weight is 263 g/mol. The largest absolute Gasteiger partial charge is 0.375 e. The summed E-state index contributed by atoms with van der Waals surface area (Å²) in [6.45, 7) is 3.90. The van der Waals surface area contributed by atoms with Crippen molar-refractivity contribution in [2.24, 2.45) is 0 Å². The van der Waals surface area contributed by atoms with Crippen LogP contribution >= 0.6 is 0 Å². The molecular formula is C15H18FNO2. The van der Waals surface area contributed by atoms with Crippen LogP contribution in [0.5, 0.6) is 0 Å². The highest BCUT2D eigenvalue weighted by atomic mass is 19.1. The first-order valence-corrected chi connectivity index (χ1v) is 6.79. The molecule has 2 fully saturated rings. The van der Waals surface area contributed by atoms with E-state index in [2.05, 4.69) is 0 Å². The molecule has 1 aliphatic carbocycles. The van der Waals surface area contributed by atoms with Crippen LogP contribution in [0.1, 0.15) is 25.3 Å². The van der Waals surface area contributed by atoms with Crippen molar-refractivity contribution in [3.05, 3.63) is 35.6 Å². The molecule has 102 valence electrons. The molecule has 1 amide bonds. The number of carbonyl (C=O) groups excluding carboxylic acids is 1. The van der Waals surface area contributed by atoms with Gasteiger partial charge in [-0.15, -0.1) is 0 Å². The van der Waals surface area contributed by atoms with Crippen LogP contribution in [0.4, 0.5) is 4.39 Å². The normalized spacial score (nSPS) is 25.2. The summed E-state index contributed by atoms with van der Waals surface area (Å²) in [5.41, 5.74) is 0.545. The fourth-order valence-corrected chi connectivity index (χ4v) is 2.83. The Kier molecular flexibility index (Phi) is 3.05. The van der Waals surface area contributed by atoms with Gasteiger partial charge in [-0.1, -0.05) is 12.1 Å². The first-order valence-electron chi connectivity index (χ1n) is 6.79. The van der Waals surface area contributed by atoms with Crippen LogP contribution < -0.4 is 0 Å². The number of morpholine rings is 1. The van der Waals surface area contributed by atoms with Crippen LogP contribution in [0.25, 0.3) is 0 Å². The van der Waals surface area contributed by atoms with Gasteiger partial charge in [0.1, 0.15) is 5.82 Å². The molecule has 1 atom stereocenters. The minimum Gasteiger partial charge on any atom is -0.375 e. The summed E-state index contributed by atoms with van der Waals surface area (Å²) in [5.74, 6) is -0.0822. The van der Waals surface area contributed by atoms with Crippen molar-refractivity contribution in [3.63, 3.8) is 0 Å². The molecular weight excluding hydrogens is 245 g/mol. The molecule has 0 bridgehead atoms. The number of benzene rings is 1. The Morgan fingerprint density at radius 2 is 2.05 bits per heavy atom. The Labute approximate surface area is 112 Å². The zero-order valence-corrected chi connectivity index (χ0v) is 11.1. The summed E-state index contributed by atoms with van der Waals surface area (Å²) in [5, 5.41) is 0. The maximum atomic E-state index is 13.0. The molecule has 3 nitrogen and oxygen atoms in total. The lowest BCUT2D eigenvalue weighted by Crippen LogP contribution is -2.48. The quantitative estimate of drug-likeness (QED) is 0.818. The SMILES string of the molecule is CC1CN(C(=O)C2(c3ccc(F)cc3)CC2)CCO1. The van der Waals surface area contributed by atoms with Crippen molar-refractivity contribution < 1.29 is 13.9 Å². The molecule has 0 N–H and O–H groups in total. The van der Waals surface area contributed by atoms with Crippen LogP contribution in [0.2, 0.25) is 0 Å². The number of hydrogen-bond acceptors (Lipinski definition) is 2. The molecule has 0 aromatic heterocycles. The fraction of sp³-hybridized carbons (Fsp3) is 0.533. The second kappa shape index (κ2) is 4.60. The first-order chi connectivity index (χ1) is 9.12. The number of amides is 1. The summed E-state index contributed by atoms with van der Waals surface area (Å²) in [4.78, 5) is 14.6. The lowest BCUT2D eigenvalue weighted by molar-refractivity contribution is -0.140. The standard InChI is InChI=1S/C15H18FNO2/c1-11-10-17(8-9-19-11)14(18)15(6-7-15)12-2-4-13(16)5-3-12/h2-5,11H,6-10H2,1H3. The van der Waals surface area contributed by atoms with E-state index in [1.165, 1.54) is 12.1 Å². The van der Waals surface area contributed by atoms with E-state index in [9.17, 15) is 9.18 Å². The zero-order chi connectivity index (χ0) is 13.5. The molecule has 3 rings (SSSR count). The van der Waals surface area contributed by atoms with Gasteiger partial charge in [0, 0.05) is 13.1 Å². The van der Waals surface area contributed by atoms with E-state index in [-0.39, 0.29) is 17.8 Å². The number of hydrogen-bond donors (Lipinski definition) is 0. The van der Waals surface area contributed by atoms with E-state index in [1.807, 2.05) is 11.8 Å². The van der Waals surface area contributed by atoms with Crippen LogP contribution in [-0.4, -0.2) is 36.6 Å². The Morgan fingerprint density at radius 1 is 1.37 bits per heavy atom. The smallest absolute Gasteiger partial charge is 0.233 e. The molecule has 0 radical (unpaired) electrons. The second-order valence-corrected chi connectivity index (χ2v) is 5.52. The molecule has 2 aliphatic rings. The van der Waals surface area contributed by atoms with Crippen molar-refractivity contribution in [2.45, 2.75) is 31.3 Å². The molecule has 19 heavy (non-hydrogen) atoms. The third kappa shape index (κ3) is 2.25. The second-order valence-electron chi connectivity index (χ2n) is 5.52. The highest BCUT2D eigenvalue weighted by molar-refractivity contribution is 5.91. The third-order valence-corrected chi connectivity index (χ3v) is 4.08. The zero-order valence-electron chi connectivity index (χ0n) is 11.1. The Morgan fingerprint density at radius 3 is 2.63 bits per heavy atom. The molecule has 1 saturated heterocycles. The Hall–Kier alpha value is -1.42. The lowest BCUT2D eigenvalue weighted by Gasteiger charge is -2.34. The van der Waals surface area contributed by atoms with E-state index in [0.717, 1.165) is 18.4 Å². The summed E-state index contributed by atoms with van der Waals surface area (Å²) >= 11 is 0. The summed E-state index contributed by atoms with van der Waals surface area (Å²) in [6.07, 6.45) is 1.83. The van der Waals surface area contributed by atoms with E-state index < -0.39 is 5.41 Å². The van der Waals surface area contributed by atoms with Gasteiger partial charge in [-0.2, -0.15) is 0 Å². The van der Waals surface area contributed by atoms with E-state index in [4.69, 9.17) is 4.74 Å². The Balaban J connectivity index is 1.80. The molecule has 4 heteroatoms. The van der Waals surface area contributed by atoms with E-state index >= 15 is 0 Å². The van der Waals surface area contributed by atoms with Crippen molar-refractivity contribution in [3.8, 4) is 0 Å². The van der Waals surface area contributed by atoms with Gasteiger partial charge >= 0.3 is 0 Å². The molecule has 1 aromatic carbocycles. The van der Waals surface area contributed by atoms with E-state index in [0.29, 0.717) is 19.7 Å². The maximum Gasteiger partial charge on any atom is 0.233 e. The minimum atomic E-state index is -0.398. The summed E-state index contributed by atoms with van der Waals surface area (Å²) < 4.78 is 18.5. The topological polar surface area (TPSA) is 29.5 Å². The monoisotopic (exact) mass is 263 g/mol. The van der Waals surface area contributed by atoms with Crippen LogP contribution in [0, 0.1) is 5.82 Å². The number of carbonyl (C=O) groups is 1. The summed E-state index contributed by atoms with van der Waals surface area (Å²) in [6, 6.07) is 6.35. The van der Waals surface area contributed by atoms with E-state index in [1.54, 1.807) is 12.1 Å². The van der Waals surface area contributed by atoms with Gasteiger partial charge in [0.2, 0.25) is 5.91 Å². The molecule has 1 aliphatic heterocycles. The van der Waals surface area contributed by atoms with Crippen molar-refractivity contribution >= 4 is 5.91 Å². The van der Waals surface area contributed by atoms with Gasteiger partial charge in [-0.25, -0.2) is 4.39 Å². The van der Waals surface area contributed by atoms with Crippen LogP contribution in [-0.2, 0) is 14.9 Å². The molecule has 1 unspecified atom stereocenters. The fourth-order valence-electron chi connectivity index (χ4n) is 2.83. The molecule has 1 saturated carbocycles. The number of ether oxygens (including phenoxy) is 1. The van der Waals surface area contributed by atoms with Crippen molar-refractivity contribution in [1.82, 2.24) is 4.90 Å². The predicted molar refractivity (Wildman–Crippen MR) is 69.3 cm³/mol. The number of rotatable bonds is 2. The third-order valence-electron chi connectivity index (χ3n) is 4.08. The first kappa shape index (κ1) is 12.6. The maximum absolute atomic E-state index is 13.0. The van der Waals surface area contributed by atoms with Gasteiger partial charge in [-0.3, -0.25) is 4.79 Å². The van der Waals surface area contributed by atoms with Gasteiger partial charge in [0.15, 0.2) is 0 Å². The highest BCUT2D eigenvalue weighted by Crippen LogP contribution is 2.49. The van der Waals surface area contributed by atoms with Crippen molar-refractivity contribution in [1.29, 1.82) is 0 Å². The van der Waals surface area contributed by atoms with Gasteiger partial charge in [0.05, 0.1) is 18.1 Å². The molecule has 1 heterocycles. The highest BCUT2D eigenvalue weighted by Gasteiger charge is 2.53. The predicted octanol–water partition coefficient (Wildman–Crippen LogP) is 2.10. The number of nitrogens with zero attached hydrogens (tertiary/aromatic N) is 1. The van der Waals surface area contributed by atoms with Crippen molar-refractivity contribution in [2.75, 3.05) is 19.7 Å². The molecule has 1 aromatic rings. The minimum absolute atomic E-state index is 0.0988. The van der Waals surface area contributed by atoms with Crippen LogP contribution in [0.3, 0.4) is 0 Å². The lowest BCUT2D eigenvalue weighted by atomic mass is 9.94. The average Bonchev–Trinajstić information content (AvgIpc) is 3.20. The number of halogens is 1. The Bertz CT molecular complexity index is 481. The molecule has 0 spiro atoms. The van der Waals surface area contributed by atoms with Gasteiger partial charge < -0.3 is 9.64 Å².